The fourth-order valence-corrected chi connectivity index (χ4v) is 2.16. The number of hydrogen-bond donors (Lipinski definition) is 1. The molecule has 96 valence electrons. The third kappa shape index (κ3) is 4.72. The van der Waals surface area contributed by atoms with E-state index in [1.165, 1.54) is 0 Å². The molecule has 1 amide bonds. The summed E-state index contributed by atoms with van der Waals surface area (Å²) in [4.78, 5) is 15.0. The molecule has 5 nitrogen and oxygen atoms in total. The zero-order valence-corrected chi connectivity index (χ0v) is 10.4. The van der Waals surface area contributed by atoms with Gasteiger partial charge in [0.15, 0.2) is 0 Å². The molecule has 1 rings (SSSR count). The number of carbonyl (C=O) groups is 1. The van der Waals surface area contributed by atoms with Gasteiger partial charge in [0.1, 0.15) is 0 Å². The highest BCUT2D eigenvalue weighted by Gasteiger charge is 2.23. The number of β-amino-alcohol motifs (C(OH)–C–C–N with tert-alkyl or cyclic N) is 1. The predicted molar refractivity (Wildman–Crippen MR) is 64.2 cm³/mol. The molecular weight excluding hydrogens is 218 g/mol. The van der Waals surface area contributed by atoms with Crippen LogP contribution in [-0.4, -0.2) is 59.6 Å². The summed E-state index contributed by atoms with van der Waals surface area (Å²) >= 11 is 0. The number of likely N-dealkylation sites (tertiary alicyclic amines) is 1. The minimum atomic E-state index is -0.558. The van der Waals surface area contributed by atoms with Crippen LogP contribution in [0.3, 0.4) is 0 Å². The molecule has 0 aromatic rings. The fourth-order valence-electron chi connectivity index (χ4n) is 2.16. The van der Waals surface area contributed by atoms with Crippen LogP contribution in [0.4, 0.5) is 0 Å². The number of aliphatic hydroxyl groups excluding tert-OH is 1. The highest BCUT2D eigenvalue weighted by Crippen LogP contribution is 2.10. The lowest BCUT2D eigenvalue weighted by Crippen LogP contribution is -2.41. The molecule has 17 heavy (non-hydrogen) atoms. The summed E-state index contributed by atoms with van der Waals surface area (Å²) in [7, 11) is 0. The zero-order chi connectivity index (χ0) is 12.7. The van der Waals surface area contributed by atoms with Gasteiger partial charge in [0.2, 0.25) is 5.91 Å². The normalized spacial score (nSPS) is 17.5. The van der Waals surface area contributed by atoms with Crippen molar-refractivity contribution >= 4 is 5.91 Å². The van der Waals surface area contributed by atoms with Crippen molar-refractivity contribution in [3.8, 4) is 6.07 Å². The minimum absolute atomic E-state index is 0.131. The van der Waals surface area contributed by atoms with Gasteiger partial charge in [-0.05, 0) is 19.4 Å². The molecule has 1 fully saturated rings. The van der Waals surface area contributed by atoms with E-state index in [1.54, 1.807) is 4.90 Å². The molecule has 1 heterocycles. The van der Waals surface area contributed by atoms with E-state index in [0.717, 1.165) is 25.9 Å². The number of hydrogen-bond acceptors (Lipinski definition) is 4. The summed E-state index contributed by atoms with van der Waals surface area (Å²) in [5.41, 5.74) is 0. The summed E-state index contributed by atoms with van der Waals surface area (Å²) in [6, 6.07) is 2.09. The van der Waals surface area contributed by atoms with Gasteiger partial charge in [-0.2, -0.15) is 5.26 Å². The summed E-state index contributed by atoms with van der Waals surface area (Å²) in [6.07, 6.45) is 1.89. The van der Waals surface area contributed by atoms with Gasteiger partial charge < -0.3 is 10.0 Å². The smallest absolute Gasteiger partial charge is 0.222 e. The SMILES string of the molecule is CCCN(CC#N)CC(O)CN1CCCC1=O. The molecule has 1 aliphatic heterocycles. The molecule has 5 heteroatoms. The number of rotatable bonds is 7. The van der Waals surface area contributed by atoms with Crippen LogP contribution in [0.25, 0.3) is 0 Å². The summed E-state index contributed by atoms with van der Waals surface area (Å²) in [5.74, 6) is 0.131. The van der Waals surface area contributed by atoms with E-state index >= 15 is 0 Å². The van der Waals surface area contributed by atoms with Crippen LogP contribution in [0.15, 0.2) is 0 Å². The highest BCUT2D eigenvalue weighted by atomic mass is 16.3. The van der Waals surface area contributed by atoms with Crippen molar-refractivity contribution in [2.24, 2.45) is 0 Å². The highest BCUT2D eigenvalue weighted by molar-refractivity contribution is 5.78. The first-order valence-corrected chi connectivity index (χ1v) is 6.22. The summed E-state index contributed by atoms with van der Waals surface area (Å²) < 4.78 is 0. The lowest BCUT2D eigenvalue weighted by molar-refractivity contribution is -0.129. The van der Waals surface area contributed by atoms with Crippen molar-refractivity contribution in [3.63, 3.8) is 0 Å². The van der Waals surface area contributed by atoms with Crippen molar-refractivity contribution in [1.29, 1.82) is 5.26 Å². The average molecular weight is 239 g/mol. The summed E-state index contributed by atoms with van der Waals surface area (Å²) in [6.45, 7) is 4.79. The fraction of sp³-hybridized carbons (Fsp3) is 0.833. The van der Waals surface area contributed by atoms with Gasteiger partial charge in [-0.15, -0.1) is 0 Å². The number of carbonyl (C=O) groups excluding carboxylic acids is 1. The Hall–Kier alpha value is -1.12. The molecule has 0 radical (unpaired) electrons. The van der Waals surface area contributed by atoms with Crippen LogP contribution in [0.2, 0.25) is 0 Å². The molecule has 1 unspecified atom stereocenters. The van der Waals surface area contributed by atoms with Gasteiger partial charge in [-0.25, -0.2) is 0 Å². The lowest BCUT2D eigenvalue weighted by Gasteiger charge is -2.25. The average Bonchev–Trinajstić information content (AvgIpc) is 2.65. The van der Waals surface area contributed by atoms with Gasteiger partial charge in [0.25, 0.3) is 0 Å². The first-order valence-electron chi connectivity index (χ1n) is 6.22. The molecule has 0 saturated carbocycles. The second kappa shape index (κ2) is 7.25. The Morgan fingerprint density at radius 1 is 1.65 bits per heavy atom. The van der Waals surface area contributed by atoms with Crippen molar-refractivity contribution in [2.45, 2.75) is 32.3 Å². The Labute approximate surface area is 103 Å². The lowest BCUT2D eigenvalue weighted by atomic mass is 10.3. The van der Waals surface area contributed by atoms with E-state index in [-0.39, 0.29) is 5.91 Å². The Balaban J connectivity index is 2.33. The van der Waals surface area contributed by atoms with Gasteiger partial charge >= 0.3 is 0 Å². The van der Waals surface area contributed by atoms with Crippen molar-refractivity contribution in [1.82, 2.24) is 9.80 Å². The largest absolute Gasteiger partial charge is 0.390 e. The quantitative estimate of drug-likeness (QED) is 0.645. The van der Waals surface area contributed by atoms with Crippen LogP contribution < -0.4 is 0 Å². The number of amides is 1. The van der Waals surface area contributed by atoms with Crippen LogP contribution in [0.1, 0.15) is 26.2 Å². The van der Waals surface area contributed by atoms with Crippen LogP contribution in [0.5, 0.6) is 0 Å². The maximum absolute atomic E-state index is 11.4. The molecular formula is C12H21N3O2. The van der Waals surface area contributed by atoms with Gasteiger partial charge in [0.05, 0.1) is 18.7 Å². The van der Waals surface area contributed by atoms with Crippen LogP contribution in [0, 0.1) is 11.3 Å². The van der Waals surface area contributed by atoms with E-state index in [9.17, 15) is 9.90 Å². The Morgan fingerprint density at radius 3 is 2.94 bits per heavy atom. The standard InChI is InChI=1S/C12H21N3O2/c1-2-6-14(8-5-13)9-11(16)10-15-7-3-4-12(15)17/h11,16H,2-4,6-10H2,1H3. The molecule has 0 aromatic heterocycles. The number of aliphatic hydroxyl groups is 1. The molecule has 0 spiro atoms. The Morgan fingerprint density at radius 2 is 2.41 bits per heavy atom. The maximum Gasteiger partial charge on any atom is 0.222 e. The third-order valence-corrected chi connectivity index (χ3v) is 2.91. The molecule has 1 atom stereocenters. The van der Waals surface area contributed by atoms with Gasteiger partial charge in [0, 0.05) is 26.1 Å². The number of nitrogens with zero attached hydrogens (tertiary/aromatic N) is 3. The second-order valence-electron chi connectivity index (χ2n) is 4.49. The molecule has 1 N–H and O–H groups in total. The van der Waals surface area contributed by atoms with E-state index in [0.29, 0.717) is 26.1 Å². The van der Waals surface area contributed by atoms with Crippen LogP contribution in [-0.2, 0) is 4.79 Å². The zero-order valence-electron chi connectivity index (χ0n) is 10.4. The Bertz CT molecular complexity index is 288. The molecule has 1 aliphatic rings. The minimum Gasteiger partial charge on any atom is -0.390 e. The molecule has 0 bridgehead atoms. The van der Waals surface area contributed by atoms with E-state index < -0.39 is 6.10 Å². The first-order chi connectivity index (χ1) is 8.17. The van der Waals surface area contributed by atoms with Crippen molar-refractivity contribution < 1.29 is 9.90 Å². The van der Waals surface area contributed by atoms with E-state index in [2.05, 4.69) is 6.07 Å². The predicted octanol–water partition coefficient (Wildman–Crippen LogP) is 0.205. The monoisotopic (exact) mass is 239 g/mol. The maximum atomic E-state index is 11.4. The van der Waals surface area contributed by atoms with Gasteiger partial charge in [-0.3, -0.25) is 9.69 Å². The summed E-state index contributed by atoms with van der Waals surface area (Å²) in [5, 5.41) is 18.6. The molecule has 0 aliphatic carbocycles. The van der Waals surface area contributed by atoms with Gasteiger partial charge in [-0.1, -0.05) is 6.92 Å². The van der Waals surface area contributed by atoms with E-state index in [1.807, 2.05) is 11.8 Å². The van der Waals surface area contributed by atoms with Crippen molar-refractivity contribution in [3.05, 3.63) is 0 Å². The van der Waals surface area contributed by atoms with Crippen LogP contribution >= 0.6 is 0 Å². The van der Waals surface area contributed by atoms with Crippen molar-refractivity contribution in [2.75, 3.05) is 32.7 Å². The topological polar surface area (TPSA) is 67.6 Å². The molecule has 0 aromatic carbocycles. The third-order valence-electron chi connectivity index (χ3n) is 2.91. The first kappa shape index (κ1) is 13.9. The van der Waals surface area contributed by atoms with E-state index in [4.69, 9.17) is 5.26 Å². The Kier molecular flexibility index (Phi) is 5.95. The number of nitriles is 1. The molecule has 1 saturated heterocycles. The second-order valence-corrected chi connectivity index (χ2v) is 4.49.